The van der Waals surface area contributed by atoms with Gasteiger partial charge < -0.3 is 5.11 Å². The molecule has 0 aliphatic rings. The summed E-state index contributed by atoms with van der Waals surface area (Å²) >= 11 is 6.93. The van der Waals surface area contributed by atoms with Crippen molar-refractivity contribution in [1.82, 2.24) is 0 Å². The minimum absolute atomic E-state index is 0.452. The molecule has 4 aromatic rings. The molecule has 2 heterocycles. The average Bonchev–Trinajstić information content (AvgIpc) is 3.31. The second-order valence-corrected chi connectivity index (χ2v) is 8.12. The van der Waals surface area contributed by atoms with E-state index < -0.39 is 5.60 Å². The summed E-state index contributed by atoms with van der Waals surface area (Å²) in [6.07, 6.45) is 0. The molecule has 0 saturated heterocycles. The molecule has 2 aromatic heterocycles. The van der Waals surface area contributed by atoms with Crippen LogP contribution in [0.15, 0.2) is 71.4 Å². The molecule has 1 unspecified atom stereocenters. The highest BCUT2D eigenvalue weighted by Gasteiger charge is 2.34. The monoisotopic (exact) mass is 414 g/mol. The van der Waals surface area contributed by atoms with E-state index in [-0.39, 0.29) is 0 Å². The maximum Gasteiger partial charge on any atom is 0.126 e. The van der Waals surface area contributed by atoms with Crippen LogP contribution in [0.1, 0.15) is 11.1 Å². The summed E-state index contributed by atoms with van der Waals surface area (Å²) in [4.78, 5) is 2.33. The molecule has 0 aliphatic heterocycles. The lowest BCUT2D eigenvalue weighted by atomic mass is 9.87. The van der Waals surface area contributed by atoms with Gasteiger partial charge in [0.2, 0.25) is 0 Å². The van der Waals surface area contributed by atoms with Crippen LogP contribution < -0.4 is 0 Å². The molecule has 4 rings (SSSR count). The molecule has 24 heavy (non-hydrogen) atoms. The molecule has 4 heteroatoms. The minimum Gasteiger partial charge on any atom is -0.379 e. The van der Waals surface area contributed by atoms with Gasteiger partial charge >= 0.3 is 0 Å². The normalized spacial score (nSPS) is 13.9. The van der Waals surface area contributed by atoms with E-state index in [0.717, 1.165) is 21.4 Å². The van der Waals surface area contributed by atoms with E-state index in [2.05, 4.69) is 57.0 Å². The quantitative estimate of drug-likeness (QED) is 0.390. The van der Waals surface area contributed by atoms with Crippen LogP contribution in [0.2, 0.25) is 0 Å². The molecule has 1 atom stereocenters. The molecular formula is C20H15BrOS2. The van der Waals surface area contributed by atoms with Gasteiger partial charge in [-0.3, -0.25) is 0 Å². The third kappa shape index (κ3) is 2.64. The van der Waals surface area contributed by atoms with Crippen LogP contribution in [0.5, 0.6) is 0 Å². The molecular weight excluding hydrogens is 400 g/mol. The maximum atomic E-state index is 11.6. The Bertz CT molecular complexity index is 974. The molecule has 0 spiro atoms. The zero-order chi connectivity index (χ0) is 16.6. The maximum absolute atomic E-state index is 11.6. The van der Waals surface area contributed by atoms with Crippen LogP contribution in [0, 0.1) is 0 Å². The average molecular weight is 415 g/mol. The summed E-state index contributed by atoms with van der Waals surface area (Å²) < 4.78 is 0. The van der Waals surface area contributed by atoms with Gasteiger partial charge in [-0.15, -0.1) is 22.7 Å². The molecule has 0 saturated carbocycles. The highest BCUT2D eigenvalue weighted by molar-refractivity contribution is 9.09. The molecule has 0 fully saturated rings. The number of rotatable bonds is 4. The predicted molar refractivity (Wildman–Crippen MR) is 108 cm³/mol. The molecule has 0 aliphatic carbocycles. The minimum atomic E-state index is -1.05. The highest BCUT2D eigenvalue weighted by atomic mass is 79.9. The van der Waals surface area contributed by atoms with Gasteiger partial charge in [-0.05, 0) is 45.3 Å². The van der Waals surface area contributed by atoms with Gasteiger partial charge in [-0.1, -0.05) is 58.4 Å². The number of thiophene rings is 2. The number of alkyl halides is 1. The number of halogens is 1. The van der Waals surface area contributed by atoms with E-state index in [1.54, 1.807) is 22.7 Å². The van der Waals surface area contributed by atoms with Crippen molar-refractivity contribution in [2.75, 3.05) is 5.33 Å². The highest BCUT2D eigenvalue weighted by Crippen LogP contribution is 2.42. The Morgan fingerprint density at radius 3 is 2.46 bits per heavy atom. The van der Waals surface area contributed by atoms with Gasteiger partial charge in [0.1, 0.15) is 5.60 Å². The third-order valence-electron chi connectivity index (χ3n) is 4.28. The number of hydrogen-bond donors (Lipinski definition) is 1. The molecule has 0 radical (unpaired) electrons. The SMILES string of the molecule is OC(CBr)(c1ccc2ccccc2c1)c1ccsc1-c1cccs1. The first-order valence-corrected chi connectivity index (χ1v) is 10.5. The van der Waals surface area contributed by atoms with E-state index in [0.29, 0.717) is 5.33 Å². The van der Waals surface area contributed by atoms with Crippen LogP contribution in [-0.2, 0) is 5.60 Å². The summed E-state index contributed by atoms with van der Waals surface area (Å²) in [5, 5.41) is 18.5. The summed E-state index contributed by atoms with van der Waals surface area (Å²) in [5.41, 5.74) is 0.819. The topological polar surface area (TPSA) is 20.2 Å². The van der Waals surface area contributed by atoms with E-state index >= 15 is 0 Å². The lowest BCUT2D eigenvalue weighted by molar-refractivity contribution is 0.110. The lowest BCUT2D eigenvalue weighted by Gasteiger charge is -2.27. The molecule has 2 aromatic carbocycles. The summed E-state index contributed by atoms with van der Waals surface area (Å²) in [6.45, 7) is 0. The van der Waals surface area contributed by atoms with Gasteiger partial charge in [-0.25, -0.2) is 0 Å². The van der Waals surface area contributed by atoms with Crippen molar-refractivity contribution in [2.24, 2.45) is 0 Å². The van der Waals surface area contributed by atoms with Gasteiger partial charge in [0.05, 0.1) is 4.88 Å². The summed E-state index contributed by atoms with van der Waals surface area (Å²) in [5.74, 6) is 0. The van der Waals surface area contributed by atoms with Crippen molar-refractivity contribution in [2.45, 2.75) is 5.60 Å². The van der Waals surface area contributed by atoms with Crippen molar-refractivity contribution in [3.05, 3.63) is 82.6 Å². The van der Waals surface area contributed by atoms with Gasteiger partial charge in [0, 0.05) is 15.8 Å². The lowest BCUT2D eigenvalue weighted by Crippen LogP contribution is -2.29. The smallest absolute Gasteiger partial charge is 0.126 e. The number of hydrogen-bond acceptors (Lipinski definition) is 3. The van der Waals surface area contributed by atoms with E-state index in [4.69, 9.17) is 0 Å². The first kappa shape index (κ1) is 16.0. The van der Waals surface area contributed by atoms with Crippen LogP contribution in [0.4, 0.5) is 0 Å². The van der Waals surface area contributed by atoms with Crippen molar-refractivity contribution >= 4 is 49.4 Å². The molecule has 0 bridgehead atoms. The largest absolute Gasteiger partial charge is 0.379 e. The fourth-order valence-corrected chi connectivity index (χ4v) is 5.47. The van der Waals surface area contributed by atoms with Crippen molar-refractivity contribution in [3.63, 3.8) is 0 Å². The fourth-order valence-electron chi connectivity index (χ4n) is 2.98. The number of benzene rings is 2. The standard InChI is InChI=1S/C20H15BrOS2/c21-13-20(22,16-8-7-14-4-1-2-5-15(14)12-16)17-9-11-24-19(17)18-6-3-10-23-18/h1-12,22H,13H2. The Morgan fingerprint density at radius 1 is 0.875 bits per heavy atom. The van der Waals surface area contributed by atoms with Crippen LogP contribution in [-0.4, -0.2) is 10.4 Å². The summed E-state index contributed by atoms with van der Waals surface area (Å²) in [7, 11) is 0. The third-order valence-corrected chi connectivity index (χ3v) is 7.05. The molecule has 120 valence electrons. The van der Waals surface area contributed by atoms with Crippen LogP contribution in [0.25, 0.3) is 20.5 Å². The van der Waals surface area contributed by atoms with E-state index in [1.165, 1.54) is 10.3 Å². The number of aliphatic hydroxyl groups is 1. The summed E-state index contributed by atoms with van der Waals surface area (Å²) in [6, 6.07) is 20.6. The van der Waals surface area contributed by atoms with Gasteiger partial charge in [0.15, 0.2) is 0 Å². The molecule has 1 nitrogen and oxygen atoms in total. The van der Waals surface area contributed by atoms with Crippen LogP contribution >= 0.6 is 38.6 Å². The predicted octanol–water partition coefficient (Wildman–Crippen LogP) is 6.26. The Labute approximate surface area is 157 Å². The first-order chi connectivity index (χ1) is 11.7. The Morgan fingerprint density at radius 2 is 1.71 bits per heavy atom. The zero-order valence-corrected chi connectivity index (χ0v) is 16.0. The Hall–Kier alpha value is -1.46. The molecule has 1 N–H and O–H groups in total. The van der Waals surface area contributed by atoms with E-state index in [1.807, 2.05) is 30.3 Å². The van der Waals surface area contributed by atoms with E-state index in [9.17, 15) is 5.11 Å². The Kier molecular flexibility index (Phi) is 4.31. The van der Waals surface area contributed by atoms with Crippen molar-refractivity contribution in [3.8, 4) is 9.75 Å². The van der Waals surface area contributed by atoms with Crippen molar-refractivity contribution in [1.29, 1.82) is 0 Å². The second-order valence-electron chi connectivity index (χ2n) is 5.70. The Balaban J connectivity index is 1.88. The zero-order valence-electron chi connectivity index (χ0n) is 12.8. The fraction of sp³-hybridized carbons (Fsp3) is 0.100. The van der Waals surface area contributed by atoms with Crippen LogP contribution in [0.3, 0.4) is 0 Å². The molecule has 0 amide bonds. The van der Waals surface area contributed by atoms with Gasteiger partial charge in [0.25, 0.3) is 0 Å². The van der Waals surface area contributed by atoms with Gasteiger partial charge in [-0.2, -0.15) is 0 Å². The second kappa shape index (κ2) is 6.45. The number of fused-ring (bicyclic) bond motifs is 1. The van der Waals surface area contributed by atoms with Crippen molar-refractivity contribution < 1.29 is 5.11 Å². The first-order valence-electron chi connectivity index (χ1n) is 7.62.